The number of benzene rings is 1. The third kappa shape index (κ3) is 3.76. The van der Waals surface area contributed by atoms with E-state index in [1.165, 1.54) is 0 Å². The molecule has 1 rings (SSSR count). The fourth-order valence-electron chi connectivity index (χ4n) is 1.29. The fourth-order valence-corrected chi connectivity index (χ4v) is 1.52. The molecule has 1 nitrogen and oxygen atoms in total. The van der Waals surface area contributed by atoms with Gasteiger partial charge in [0.05, 0.1) is 11.1 Å². The van der Waals surface area contributed by atoms with Gasteiger partial charge in [-0.15, -0.1) is 0 Å². The molecule has 9 heteroatoms. The maximum atomic E-state index is 12.6. The summed E-state index contributed by atoms with van der Waals surface area (Å²) in [5.74, 6) is -1.32. The van der Waals surface area contributed by atoms with Crippen molar-refractivity contribution in [1.29, 1.82) is 0 Å². The molecule has 0 aliphatic rings. The lowest BCUT2D eigenvalue weighted by molar-refractivity contribution is -0.143. The lowest BCUT2D eigenvalue weighted by atomic mass is 10.0. The van der Waals surface area contributed by atoms with E-state index < -0.39 is 39.7 Å². The maximum Gasteiger partial charge on any atom is 0.417 e. The molecule has 0 bridgehead atoms. The quantitative estimate of drug-likeness (QED) is 0.437. The number of hydrogen-bond acceptors (Lipinski definition) is 1. The lowest BCUT2D eigenvalue weighted by Crippen LogP contribution is -2.18. The molecule has 0 atom stereocenters. The summed E-state index contributed by atoms with van der Waals surface area (Å²) in [5.41, 5.74) is -4.24. The summed E-state index contributed by atoms with van der Waals surface area (Å²) in [6, 6.07) is 0.619. The Kier molecular flexibility index (Phi) is 4.41. The van der Waals surface area contributed by atoms with E-state index in [1.54, 1.807) is 0 Å². The summed E-state index contributed by atoms with van der Waals surface area (Å²) in [7, 11) is 0. The van der Waals surface area contributed by atoms with Crippen LogP contribution < -0.4 is 0 Å². The SMILES string of the molecule is O=C(c1ccc(C(F)(F)F)cc1C(F)(F)F)C(Cl)Cl. The largest absolute Gasteiger partial charge is 0.417 e. The molecule has 0 N–H and O–H groups in total. The minimum absolute atomic E-state index is 0.149. The van der Waals surface area contributed by atoms with Crippen LogP contribution in [0.1, 0.15) is 21.5 Å². The van der Waals surface area contributed by atoms with Gasteiger partial charge in [-0.1, -0.05) is 29.3 Å². The Bertz CT molecular complexity index is 492. The van der Waals surface area contributed by atoms with E-state index in [0.717, 1.165) is 0 Å². The summed E-state index contributed by atoms with van der Waals surface area (Å²) < 4.78 is 74.9. The number of hydrogen-bond donors (Lipinski definition) is 0. The first-order valence-corrected chi connectivity index (χ1v) is 5.42. The van der Waals surface area contributed by atoms with Crippen LogP contribution in [-0.2, 0) is 12.4 Å². The van der Waals surface area contributed by atoms with Crippen molar-refractivity contribution in [2.24, 2.45) is 0 Å². The zero-order valence-corrected chi connectivity index (χ0v) is 10.3. The van der Waals surface area contributed by atoms with Gasteiger partial charge in [0.15, 0.2) is 10.6 Å². The second kappa shape index (κ2) is 5.20. The van der Waals surface area contributed by atoms with Gasteiger partial charge in [-0.05, 0) is 12.1 Å². The van der Waals surface area contributed by atoms with Crippen LogP contribution >= 0.6 is 23.2 Å². The highest BCUT2D eigenvalue weighted by Gasteiger charge is 2.39. The predicted molar refractivity (Wildman–Crippen MR) is 56.3 cm³/mol. The molecule has 0 saturated heterocycles. The highest BCUT2D eigenvalue weighted by molar-refractivity contribution is 6.55. The average Bonchev–Trinajstić information content (AvgIpc) is 2.24. The fraction of sp³-hybridized carbons (Fsp3) is 0.300. The van der Waals surface area contributed by atoms with Crippen LogP contribution in [0.15, 0.2) is 18.2 Å². The summed E-state index contributed by atoms with van der Waals surface area (Å²) in [6.07, 6.45) is -10.1. The van der Waals surface area contributed by atoms with Crippen molar-refractivity contribution in [3.63, 3.8) is 0 Å². The molecule has 1 aromatic rings. The van der Waals surface area contributed by atoms with Crippen molar-refractivity contribution in [2.75, 3.05) is 0 Å². The zero-order valence-electron chi connectivity index (χ0n) is 8.74. The van der Waals surface area contributed by atoms with Crippen LogP contribution in [0.2, 0.25) is 0 Å². The van der Waals surface area contributed by atoms with Crippen LogP contribution in [0.5, 0.6) is 0 Å². The van der Waals surface area contributed by atoms with Crippen LogP contribution in [0.25, 0.3) is 0 Å². The van der Waals surface area contributed by atoms with E-state index in [-0.39, 0.29) is 6.07 Å². The monoisotopic (exact) mass is 324 g/mol. The van der Waals surface area contributed by atoms with Crippen LogP contribution in [0.3, 0.4) is 0 Å². The average molecular weight is 325 g/mol. The molecule has 0 amide bonds. The number of carbonyl (C=O) groups is 1. The van der Waals surface area contributed by atoms with E-state index in [9.17, 15) is 31.1 Å². The number of rotatable bonds is 2. The minimum atomic E-state index is -5.13. The normalized spacial score (nSPS) is 12.9. The Morgan fingerprint density at radius 3 is 1.89 bits per heavy atom. The number of Topliss-reactive ketones (excluding diaryl/α,β-unsaturated/α-hetero) is 1. The van der Waals surface area contributed by atoms with Gasteiger partial charge in [0, 0.05) is 5.56 Å². The van der Waals surface area contributed by atoms with E-state index in [0.29, 0.717) is 12.1 Å². The van der Waals surface area contributed by atoms with E-state index in [1.807, 2.05) is 0 Å². The highest BCUT2D eigenvalue weighted by Crippen LogP contribution is 2.38. The third-order valence-electron chi connectivity index (χ3n) is 2.12. The molecule has 1 aromatic carbocycles. The molecule has 0 radical (unpaired) electrons. The van der Waals surface area contributed by atoms with Crippen LogP contribution in [0.4, 0.5) is 26.3 Å². The Labute approximate surface area is 113 Å². The van der Waals surface area contributed by atoms with Crippen molar-refractivity contribution < 1.29 is 31.1 Å². The van der Waals surface area contributed by atoms with Gasteiger partial charge in [-0.25, -0.2) is 0 Å². The van der Waals surface area contributed by atoms with Crippen molar-refractivity contribution in [2.45, 2.75) is 17.2 Å². The van der Waals surface area contributed by atoms with Gasteiger partial charge in [-0.3, -0.25) is 4.79 Å². The topological polar surface area (TPSA) is 17.1 Å². The molecular formula is C10H4Cl2F6O. The molecule has 0 fully saturated rings. The Balaban J connectivity index is 3.47. The number of halogens is 8. The Morgan fingerprint density at radius 2 is 1.53 bits per heavy atom. The van der Waals surface area contributed by atoms with Gasteiger partial charge in [-0.2, -0.15) is 26.3 Å². The number of alkyl halides is 8. The van der Waals surface area contributed by atoms with Gasteiger partial charge in [0.25, 0.3) is 0 Å². The first kappa shape index (κ1) is 16.1. The van der Waals surface area contributed by atoms with Crippen molar-refractivity contribution in [3.8, 4) is 0 Å². The molecule has 0 aromatic heterocycles. The van der Waals surface area contributed by atoms with Gasteiger partial charge in [0.2, 0.25) is 0 Å². The molecular weight excluding hydrogens is 321 g/mol. The predicted octanol–water partition coefficient (Wildman–Crippen LogP) is 4.71. The molecule has 106 valence electrons. The molecule has 0 unspecified atom stereocenters. The van der Waals surface area contributed by atoms with Crippen molar-refractivity contribution in [3.05, 3.63) is 34.9 Å². The maximum absolute atomic E-state index is 12.6. The van der Waals surface area contributed by atoms with E-state index in [4.69, 9.17) is 23.2 Å². The minimum Gasteiger partial charge on any atom is -0.291 e. The Morgan fingerprint density at radius 1 is 1.00 bits per heavy atom. The van der Waals surface area contributed by atoms with Crippen LogP contribution in [-0.4, -0.2) is 10.6 Å². The highest BCUT2D eigenvalue weighted by atomic mass is 35.5. The number of ketones is 1. The van der Waals surface area contributed by atoms with Crippen molar-refractivity contribution >= 4 is 29.0 Å². The summed E-state index contributed by atoms with van der Waals surface area (Å²) in [5, 5.41) is 0. The summed E-state index contributed by atoms with van der Waals surface area (Å²) in [4.78, 5) is 9.53. The zero-order chi connectivity index (χ0) is 15.0. The van der Waals surface area contributed by atoms with Gasteiger partial charge < -0.3 is 0 Å². The number of carbonyl (C=O) groups excluding carboxylic acids is 1. The lowest BCUT2D eigenvalue weighted by Gasteiger charge is -2.15. The standard InChI is InChI=1S/C10H4Cl2F6O/c11-8(12)7(19)5-2-1-4(9(13,14)15)3-6(5)10(16,17)18/h1-3,8H. The molecule has 0 aliphatic carbocycles. The van der Waals surface area contributed by atoms with Crippen molar-refractivity contribution in [1.82, 2.24) is 0 Å². The summed E-state index contributed by atoms with van der Waals surface area (Å²) in [6.45, 7) is 0. The second-order valence-corrected chi connectivity index (χ2v) is 4.52. The Hall–Kier alpha value is -0.950. The summed E-state index contributed by atoms with van der Waals surface area (Å²) >= 11 is 10.3. The molecule has 0 aliphatic heterocycles. The van der Waals surface area contributed by atoms with Gasteiger partial charge in [0.1, 0.15) is 0 Å². The first-order chi connectivity index (χ1) is 8.44. The second-order valence-electron chi connectivity index (χ2n) is 3.42. The molecule has 0 saturated carbocycles. The van der Waals surface area contributed by atoms with Crippen LogP contribution in [0, 0.1) is 0 Å². The van der Waals surface area contributed by atoms with E-state index >= 15 is 0 Å². The van der Waals surface area contributed by atoms with Gasteiger partial charge >= 0.3 is 12.4 Å². The molecule has 0 heterocycles. The molecule has 0 spiro atoms. The smallest absolute Gasteiger partial charge is 0.291 e. The third-order valence-corrected chi connectivity index (χ3v) is 2.51. The first-order valence-electron chi connectivity index (χ1n) is 4.55. The molecule has 19 heavy (non-hydrogen) atoms. The van der Waals surface area contributed by atoms with E-state index in [2.05, 4.69) is 0 Å².